The molecule has 1 aliphatic rings. The Balaban J connectivity index is 1.62. The van der Waals surface area contributed by atoms with Gasteiger partial charge < -0.3 is 14.7 Å². The lowest BCUT2D eigenvalue weighted by Gasteiger charge is -2.21. The van der Waals surface area contributed by atoms with E-state index in [4.69, 9.17) is 4.74 Å². The van der Waals surface area contributed by atoms with E-state index in [-0.39, 0.29) is 18.6 Å². The molecule has 1 heterocycles. The third-order valence-electron chi connectivity index (χ3n) is 4.83. The predicted molar refractivity (Wildman–Crippen MR) is 97.9 cm³/mol. The molecule has 1 N–H and O–H groups in total. The van der Waals surface area contributed by atoms with Crippen LogP contribution in [-0.2, 0) is 16.1 Å². The van der Waals surface area contributed by atoms with Crippen molar-refractivity contribution in [3.8, 4) is 0 Å². The first-order chi connectivity index (χ1) is 12.5. The summed E-state index contributed by atoms with van der Waals surface area (Å²) in [4.78, 5) is 25.8. The molecule has 0 bridgehead atoms. The van der Waals surface area contributed by atoms with Crippen LogP contribution in [0.4, 0.5) is 4.79 Å². The van der Waals surface area contributed by atoms with E-state index >= 15 is 0 Å². The molecule has 0 radical (unpaired) electrons. The minimum absolute atomic E-state index is 0.112. The van der Waals surface area contributed by atoms with E-state index in [9.17, 15) is 14.7 Å². The summed E-state index contributed by atoms with van der Waals surface area (Å²) in [5.41, 5.74) is 2.76. The van der Waals surface area contributed by atoms with Crippen LogP contribution < -0.4 is 0 Å². The van der Waals surface area contributed by atoms with Crippen LogP contribution in [0.3, 0.4) is 0 Å². The van der Waals surface area contributed by atoms with Crippen LogP contribution in [0, 0.1) is 12.8 Å². The average Bonchev–Trinajstić information content (AvgIpc) is 3.10. The molecular weight excluding hydrogens is 330 g/mol. The number of rotatable bonds is 5. The second kappa shape index (κ2) is 8.04. The number of aliphatic carboxylic acids is 1. The minimum Gasteiger partial charge on any atom is -0.481 e. The predicted octanol–water partition coefficient (Wildman–Crippen LogP) is 3.82. The summed E-state index contributed by atoms with van der Waals surface area (Å²) in [6.45, 7) is 3.10. The number of hydrogen-bond donors (Lipinski definition) is 1. The van der Waals surface area contributed by atoms with Crippen molar-refractivity contribution in [1.82, 2.24) is 4.90 Å². The van der Waals surface area contributed by atoms with Crippen LogP contribution in [0.15, 0.2) is 54.6 Å². The number of carbonyl (C=O) groups is 2. The molecule has 5 heteroatoms. The van der Waals surface area contributed by atoms with E-state index in [1.54, 1.807) is 4.90 Å². The number of hydrogen-bond acceptors (Lipinski definition) is 3. The number of carboxylic acid groups (broad SMARTS) is 1. The lowest BCUT2D eigenvalue weighted by Crippen LogP contribution is -2.31. The minimum atomic E-state index is -0.847. The molecule has 0 aliphatic carbocycles. The quantitative estimate of drug-likeness (QED) is 0.887. The zero-order valence-electron chi connectivity index (χ0n) is 14.8. The maximum atomic E-state index is 12.3. The highest BCUT2D eigenvalue weighted by Crippen LogP contribution is 2.33. The number of carboxylic acids is 1. The number of ether oxygens (including phenoxy) is 1. The first-order valence-electron chi connectivity index (χ1n) is 8.79. The molecule has 0 spiro atoms. The van der Waals surface area contributed by atoms with Crippen molar-refractivity contribution in [3.05, 3.63) is 71.3 Å². The normalized spacial score (nSPS) is 17.7. The standard InChI is InChI=1S/C21H23NO4/c1-15-6-5-9-17(12-15)19(20(23)24)18-10-11-22(13-18)21(25)26-14-16-7-3-2-4-8-16/h2-9,12,18-19H,10-11,13-14H2,1H3,(H,23,24). The average molecular weight is 353 g/mol. The Bertz CT molecular complexity index is 775. The van der Waals surface area contributed by atoms with Gasteiger partial charge in [-0.1, -0.05) is 60.2 Å². The zero-order chi connectivity index (χ0) is 18.5. The number of likely N-dealkylation sites (tertiary alicyclic amines) is 1. The summed E-state index contributed by atoms with van der Waals surface area (Å²) in [5.74, 6) is -1.57. The summed E-state index contributed by atoms with van der Waals surface area (Å²) in [7, 11) is 0. The maximum absolute atomic E-state index is 12.3. The van der Waals surface area contributed by atoms with Gasteiger partial charge in [0, 0.05) is 13.1 Å². The van der Waals surface area contributed by atoms with Crippen LogP contribution >= 0.6 is 0 Å². The van der Waals surface area contributed by atoms with Gasteiger partial charge in [-0.05, 0) is 30.4 Å². The topological polar surface area (TPSA) is 66.8 Å². The Labute approximate surface area is 153 Å². The summed E-state index contributed by atoms with van der Waals surface area (Å²) < 4.78 is 5.36. The first kappa shape index (κ1) is 18.0. The van der Waals surface area contributed by atoms with E-state index in [2.05, 4.69) is 0 Å². The Kier molecular flexibility index (Phi) is 5.56. The molecule has 136 valence electrons. The molecule has 26 heavy (non-hydrogen) atoms. The lowest BCUT2D eigenvalue weighted by atomic mass is 9.85. The number of benzene rings is 2. The van der Waals surface area contributed by atoms with Crippen LogP contribution in [0.2, 0.25) is 0 Å². The van der Waals surface area contributed by atoms with Crippen molar-refractivity contribution in [3.63, 3.8) is 0 Å². The monoisotopic (exact) mass is 353 g/mol. The SMILES string of the molecule is Cc1cccc(C(C(=O)O)C2CCN(C(=O)OCc3ccccc3)C2)c1. The molecule has 1 amide bonds. The van der Waals surface area contributed by atoms with Crippen LogP contribution in [-0.4, -0.2) is 35.2 Å². The fourth-order valence-electron chi connectivity index (χ4n) is 3.52. The number of carbonyl (C=O) groups excluding carboxylic acids is 1. The first-order valence-corrected chi connectivity index (χ1v) is 8.79. The number of nitrogens with zero attached hydrogens (tertiary/aromatic N) is 1. The van der Waals surface area contributed by atoms with Gasteiger partial charge >= 0.3 is 12.1 Å². The van der Waals surface area contributed by atoms with Gasteiger partial charge in [0.1, 0.15) is 6.61 Å². The second-order valence-electron chi connectivity index (χ2n) is 6.76. The van der Waals surface area contributed by atoms with Gasteiger partial charge in [0.05, 0.1) is 5.92 Å². The smallest absolute Gasteiger partial charge is 0.410 e. The molecular formula is C21H23NO4. The molecule has 2 aromatic rings. The van der Waals surface area contributed by atoms with Crippen molar-refractivity contribution < 1.29 is 19.4 Å². The molecule has 0 saturated carbocycles. The third-order valence-corrected chi connectivity index (χ3v) is 4.83. The van der Waals surface area contributed by atoms with E-state index in [1.165, 1.54) is 0 Å². The zero-order valence-corrected chi connectivity index (χ0v) is 14.8. The highest BCUT2D eigenvalue weighted by Gasteiger charge is 2.37. The second-order valence-corrected chi connectivity index (χ2v) is 6.76. The van der Waals surface area contributed by atoms with E-state index in [0.29, 0.717) is 19.5 Å². The lowest BCUT2D eigenvalue weighted by molar-refractivity contribution is -0.140. The molecule has 0 aromatic heterocycles. The molecule has 1 saturated heterocycles. The Morgan fingerprint density at radius 2 is 1.96 bits per heavy atom. The molecule has 2 atom stereocenters. The molecule has 1 aliphatic heterocycles. The van der Waals surface area contributed by atoms with Crippen LogP contribution in [0.1, 0.15) is 29.0 Å². The summed E-state index contributed by atoms with van der Waals surface area (Å²) in [6, 6.07) is 17.1. The van der Waals surface area contributed by atoms with Crippen molar-refractivity contribution >= 4 is 12.1 Å². The molecule has 1 fully saturated rings. The fourth-order valence-corrected chi connectivity index (χ4v) is 3.52. The van der Waals surface area contributed by atoms with E-state index in [1.807, 2.05) is 61.5 Å². The largest absolute Gasteiger partial charge is 0.481 e. The fraction of sp³-hybridized carbons (Fsp3) is 0.333. The summed E-state index contributed by atoms with van der Waals surface area (Å²) in [5, 5.41) is 9.72. The third kappa shape index (κ3) is 4.23. The Morgan fingerprint density at radius 3 is 2.65 bits per heavy atom. The number of aryl methyl sites for hydroxylation is 1. The summed E-state index contributed by atoms with van der Waals surface area (Å²) >= 11 is 0. The Morgan fingerprint density at radius 1 is 1.19 bits per heavy atom. The van der Waals surface area contributed by atoms with E-state index < -0.39 is 11.9 Å². The summed E-state index contributed by atoms with van der Waals surface area (Å²) in [6.07, 6.45) is 0.274. The van der Waals surface area contributed by atoms with Gasteiger partial charge in [-0.25, -0.2) is 4.79 Å². The highest BCUT2D eigenvalue weighted by atomic mass is 16.6. The molecule has 2 aromatic carbocycles. The molecule has 2 unspecified atom stereocenters. The number of amides is 1. The molecule has 5 nitrogen and oxygen atoms in total. The van der Waals surface area contributed by atoms with Gasteiger partial charge in [0.2, 0.25) is 0 Å². The van der Waals surface area contributed by atoms with Gasteiger partial charge in [-0.2, -0.15) is 0 Å². The van der Waals surface area contributed by atoms with Crippen molar-refractivity contribution in [2.45, 2.75) is 25.9 Å². The van der Waals surface area contributed by atoms with Gasteiger partial charge in [-0.15, -0.1) is 0 Å². The van der Waals surface area contributed by atoms with Gasteiger partial charge in [0.25, 0.3) is 0 Å². The van der Waals surface area contributed by atoms with Crippen LogP contribution in [0.5, 0.6) is 0 Å². The van der Waals surface area contributed by atoms with Crippen molar-refractivity contribution in [2.24, 2.45) is 5.92 Å². The van der Waals surface area contributed by atoms with Crippen molar-refractivity contribution in [1.29, 1.82) is 0 Å². The van der Waals surface area contributed by atoms with Crippen LogP contribution in [0.25, 0.3) is 0 Å². The van der Waals surface area contributed by atoms with Gasteiger partial charge in [-0.3, -0.25) is 4.79 Å². The van der Waals surface area contributed by atoms with Gasteiger partial charge in [0.15, 0.2) is 0 Å². The Hall–Kier alpha value is -2.82. The molecule has 3 rings (SSSR count). The maximum Gasteiger partial charge on any atom is 0.410 e. The highest BCUT2D eigenvalue weighted by molar-refractivity contribution is 5.77. The van der Waals surface area contributed by atoms with E-state index in [0.717, 1.165) is 16.7 Å². The van der Waals surface area contributed by atoms with Crippen molar-refractivity contribution in [2.75, 3.05) is 13.1 Å².